The molecule has 0 heterocycles. The predicted octanol–water partition coefficient (Wildman–Crippen LogP) is 3.69. The molecule has 78 valence electrons. The van der Waals surface area contributed by atoms with Crippen LogP contribution in [0.15, 0.2) is 21.1 Å². The fraction of sp³-hybridized carbons (Fsp3) is 0.250. The van der Waals surface area contributed by atoms with E-state index in [1.165, 1.54) is 6.07 Å². The quantitative estimate of drug-likeness (QED) is 0.834. The summed E-state index contributed by atoms with van der Waals surface area (Å²) in [5.74, 6) is 0. The van der Waals surface area contributed by atoms with Gasteiger partial charge >= 0.3 is 6.18 Å². The van der Waals surface area contributed by atoms with Gasteiger partial charge in [0.05, 0.1) is 5.56 Å². The van der Waals surface area contributed by atoms with E-state index in [0.717, 1.165) is 6.07 Å². The Bertz CT molecular complexity index is 349. The molecular formula is C8H6Br2F3N. The van der Waals surface area contributed by atoms with Crippen LogP contribution >= 0.6 is 31.9 Å². The molecule has 0 unspecified atom stereocenters. The van der Waals surface area contributed by atoms with Gasteiger partial charge in [0.25, 0.3) is 0 Å². The van der Waals surface area contributed by atoms with Crippen LogP contribution in [0, 0.1) is 0 Å². The maximum absolute atomic E-state index is 12.5. The zero-order valence-electron chi connectivity index (χ0n) is 6.83. The smallest absolute Gasteiger partial charge is 0.326 e. The highest BCUT2D eigenvalue weighted by Gasteiger charge is 2.34. The number of rotatable bonds is 1. The van der Waals surface area contributed by atoms with E-state index in [1.807, 2.05) is 0 Å². The number of hydrogen-bond acceptors (Lipinski definition) is 1. The van der Waals surface area contributed by atoms with E-state index in [2.05, 4.69) is 31.9 Å². The van der Waals surface area contributed by atoms with Crippen LogP contribution in [0.5, 0.6) is 0 Å². The van der Waals surface area contributed by atoms with Gasteiger partial charge in [-0.25, -0.2) is 0 Å². The molecule has 14 heavy (non-hydrogen) atoms. The molecule has 1 aromatic rings. The topological polar surface area (TPSA) is 26.0 Å². The molecule has 1 aromatic carbocycles. The Morgan fingerprint density at radius 1 is 1.21 bits per heavy atom. The fourth-order valence-electron chi connectivity index (χ4n) is 1.06. The van der Waals surface area contributed by atoms with Crippen molar-refractivity contribution >= 4 is 31.9 Å². The molecule has 2 N–H and O–H groups in total. The Kier molecular flexibility index (Phi) is 3.60. The lowest BCUT2D eigenvalue weighted by molar-refractivity contribution is -0.138. The minimum Gasteiger partial charge on any atom is -0.326 e. The average Bonchev–Trinajstić information content (AvgIpc) is 2.01. The summed E-state index contributed by atoms with van der Waals surface area (Å²) in [5, 5.41) is 0. The van der Waals surface area contributed by atoms with Gasteiger partial charge in [-0.1, -0.05) is 31.9 Å². The number of alkyl halides is 3. The van der Waals surface area contributed by atoms with E-state index in [-0.39, 0.29) is 12.1 Å². The van der Waals surface area contributed by atoms with E-state index in [9.17, 15) is 13.2 Å². The zero-order chi connectivity index (χ0) is 10.9. The molecule has 0 aromatic heterocycles. The zero-order valence-corrected chi connectivity index (χ0v) is 10.0. The van der Waals surface area contributed by atoms with Gasteiger partial charge in [-0.15, -0.1) is 0 Å². The van der Waals surface area contributed by atoms with Crippen molar-refractivity contribution in [1.29, 1.82) is 0 Å². The molecule has 0 aliphatic heterocycles. The van der Waals surface area contributed by atoms with Crippen molar-refractivity contribution in [2.75, 3.05) is 0 Å². The summed E-state index contributed by atoms with van der Waals surface area (Å²) in [4.78, 5) is 0. The predicted molar refractivity (Wildman–Crippen MR) is 54.7 cm³/mol. The third-order valence-corrected chi connectivity index (χ3v) is 2.84. The number of benzene rings is 1. The van der Waals surface area contributed by atoms with Crippen molar-refractivity contribution in [3.8, 4) is 0 Å². The van der Waals surface area contributed by atoms with E-state index in [1.54, 1.807) is 0 Å². The van der Waals surface area contributed by atoms with Crippen LogP contribution in [0.3, 0.4) is 0 Å². The van der Waals surface area contributed by atoms with Crippen LogP contribution in [0.2, 0.25) is 0 Å². The van der Waals surface area contributed by atoms with Crippen molar-refractivity contribution < 1.29 is 13.2 Å². The largest absolute Gasteiger partial charge is 0.416 e. The lowest BCUT2D eigenvalue weighted by atomic mass is 10.1. The highest BCUT2D eigenvalue weighted by molar-refractivity contribution is 9.11. The van der Waals surface area contributed by atoms with Crippen molar-refractivity contribution in [2.45, 2.75) is 12.7 Å². The first-order valence-corrected chi connectivity index (χ1v) is 5.20. The molecule has 0 aliphatic carbocycles. The summed E-state index contributed by atoms with van der Waals surface area (Å²) in [5.41, 5.74) is 4.62. The summed E-state index contributed by atoms with van der Waals surface area (Å²) in [6, 6.07) is 2.56. The Balaban J connectivity index is 3.40. The second kappa shape index (κ2) is 4.20. The van der Waals surface area contributed by atoms with Gasteiger partial charge < -0.3 is 5.73 Å². The summed E-state index contributed by atoms with van der Waals surface area (Å²) < 4.78 is 38.2. The van der Waals surface area contributed by atoms with E-state index >= 15 is 0 Å². The first-order chi connectivity index (χ1) is 6.36. The standard InChI is InChI=1S/C8H6Br2F3N/c9-4-1-6(8(11,12)13)5(3-14)7(10)2-4/h1-2H,3,14H2. The summed E-state index contributed by atoms with van der Waals surface area (Å²) in [6.07, 6.45) is -4.37. The van der Waals surface area contributed by atoms with E-state index in [4.69, 9.17) is 5.73 Å². The van der Waals surface area contributed by atoms with Crippen LogP contribution in [-0.2, 0) is 12.7 Å². The Morgan fingerprint density at radius 3 is 2.21 bits per heavy atom. The van der Waals surface area contributed by atoms with Gasteiger partial charge in [-0.2, -0.15) is 13.2 Å². The van der Waals surface area contributed by atoms with Crippen molar-refractivity contribution in [3.63, 3.8) is 0 Å². The van der Waals surface area contributed by atoms with Gasteiger partial charge in [0.1, 0.15) is 0 Å². The second-order valence-electron chi connectivity index (χ2n) is 2.62. The van der Waals surface area contributed by atoms with Crippen LogP contribution in [-0.4, -0.2) is 0 Å². The molecule has 0 atom stereocenters. The molecule has 1 rings (SSSR count). The van der Waals surface area contributed by atoms with E-state index < -0.39 is 11.7 Å². The van der Waals surface area contributed by atoms with E-state index in [0.29, 0.717) is 8.95 Å². The van der Waals surface area contributed by atoms with Gasteiger partial charge in [-0.05, 0) is 17.7 Å². The lowest BCUT2D eigenvalue weighted by Gasteiger charge is -2.13. The molecule has 0 aliphatic rings. The fourth-order valence-corrected chi connectivity index (χ4v) is 2.45. The minimum absolute atomic E-state index is 0.0701. The molecule has 6 heteroatoms. The SMILES string of the molecule is NCc1c(Br)cc(Br)cc1C(F)(F)F. The Hall–Kier alpha value is -0.0700. The molecule has 0 bridgehead atoms. The second-order valence-corrected chi connectivity index (χ2v) is 4.39. The van der Waals surface area contributed by atoms with Gasteiger partial charge in [0.15, 0.2) is 0 Å². The highest BCUT2D eigenvalue weighted by Crippen LogP contribution is 2.37. The van der Waals surface area contributed by atoms with Gasteiger partial charge in [0, 0.05) is 15.5 Å². The van der Waals surface area contributed by atoms with Crippen molar-refractivity contribution in [3.05, 3.63) is 32.2 Å². The number of hydrogen-bond donors (Lipinski definition) is 1. The van der Waals surface area contributed by atoms with Crippen LogP contribution in [0.1, 0.15) is 11.1 Å². The highest BCUT2D eigenvalue weighted by atomic mass is 79.9. The van der Waals surface area contributed by atoms with Gasteiger partial charge in [0.2, 0.25) is 0 Å². The molecule has 1 nitrogen and oxygen atoms in total. The lowest BCUT2D eigenvalue weighted by Crippen LogP contribution is -2.12. The first kappa shape index (κ1) is 12.0. The maximum atomic E-state index is 12.5. The summed E-state index contributed by atoms with van der Waals surface area (Å²) in [6.45, 7) is -0.150. The Labute approximate surface area is 95.7 Å². The van der Waals surface area contributed by atoms with Crippen molar-refractivity contribution in [1.82, 2.24) is 0 Å². The Morgan fingerprint density at radius 2 is 1.79 bits per heavy atom. The third kappa shape index (κ3) is 2.49. The average molecular weight is 333 g/mol. The number of nitrogens with two attached hydrogens (primary N) is 1. The molecule has 0 fully saturated rings. The number of halogens is 5. The van der Waals surface area contributed by atoms with Gasteiger partial charge in [-0.3, -0.25) is 0 Å². The maximum Gasteiger partial charge on any atom is 0.416 e. The summed E-state index contributed by atoms with van der Waals surface area (Å²) in [7, 11) is 0. The minimum atomic E-state index is -4.37. The monoisotopic (exact) mass is 331 g/mol. The molecule has 0 saturated carbocycles. The molecule has 0 spiro atoms. The first-order valence-electron chi connectivity index (χ1n) is 3.61. The van der Waals surface area contributed by atoms with Crippen molar-refractivity contribution in [2.24, 2.45) is 5.73 Å². The van der Waals surface area contributed by atoms with Crippen LogP contribution < -0.4 is 5.73 Å². The molecule has 0 amide bonds. The van der Waals surface area contributed by atoms with Crippen LogP contribution in [0.4, 0.5) is 13.2 Å². The molecule has 0 saturated heterocycles. The molecule has 0 radical (unpaired) electrons. The summed E-state index contributed by atoms with van der Waals surface area (Å²) >= 11 is 6.04. The van der Waals surface area contributed by atoms with Crippen LogP contribution in [0.25, 0.3) is 0 Å². The normalized spacial score (nSPS) is 11.9. The molecular weight excluding hydrogens is 327 g/mol. The third-order valence-electron chi connectivity index (χ3n) is 1.67.